The molecule has 1 rings (SSSR count). The zero-order valence-corrected chi connectivity index (χ0v) is 11.3. The minimum atomic E-state index is -1.27. The maximum Gasteiger partial charge on any atom is 0.346 e. The Bertz CT molecular complexity index is 530. The molecule has 6 nitrogen and oxygen atoms in total. The van der Waals surface area contributed by atoms with Gasteiger partial charge in [0, 0.05) is 0 Å². The van der Waals surface area contributed by atoms with Gasteiger partial charge in [-0.3, -0.25) is 0 Å². The Morgan fingerprint density at radius 3 is 2.19 bits per heavy atom. The monoisotopic (exact) mass is 305 g/mol. The molecule has 0 heterocycles. The third kappa shape index (κ3) is 5.82. The first-order valence-electron chi connectivity index (χ1n) is 6.16. The van der Waals surface area contributed by atoms with Crippen LogP contribution in [0, 0.1) is 5.92 Å². The summed E-state index contributed by atoms with van der Waals surface area (Å²) in [6, 6.07) is 4.61. The lowest BCUT2D eigenvalue weighted by atomic mass is 10.0. The highest BCUT2D eigenvalue weighted by molar-refractivity contribution is 6.05. The summed E-state index contributed by atoms with van der Waals surface area (Å²) in [6.07, 6.45) is 0.382. The Kier molecular flexibility index (Phi) is 8.16. The van der Waals surface area contributed by atoms with Gasteiger partial charge in [0.15, 0.2) is 0 Å². The van der Waals surface area contributed by atoms with Crippen molar-refractivity contribution in [2.75, 3.05) is 0 Å². The number of aromatic carboxylic acids is 1. The SMILES string of the molecule is CC(C)C[C@H](N)C(=O)OC(=O)c1ccccc1C(=O)O.[MgH2]. The topological polar surface area (TPSA) is 107 Å². The second-order valence-electron chi connectivity index (χ2n) is 4.80. The van der Waals surface area contributed by atoms with E-state index in [2.05, 4.69) is 4.74 Å². The summed E-state index contributed by atoms with van der Waals surface area (Å²) in [6.45, 7) is 3.77. The van der Waals surface area contributed by atoms with Crippen LogP contribution in [-0.2, 0) is 9.53 Å². The highest BCUT2D eigenvalue weighted by Gasteiger charge is 2.23. The molecule has 1 aromatic rings. The fourth-order valence-corrected chi connectivity index (χ4v) is 1.67. The van der Waals surface area contributed by atoms with Gasteiger partial charge in [0.25, 0.3) is 0 Å². The van der Waals surface area contributed by atoms with E-state index in [0.717, 1.165) is 0 Å². The van der Waals surface area contributed by atoms with Crippen LogP contribution in [0.4, 0.5) is 0 Å². The van der Waals surface area contributed by atoms with E-state index in [1.165, 1.54) is 24.3 Å². The molecule has 112 valence electrons. The van der Waals surface area contributed by atoms with Crippen molar-refractivity contribution in [1.29, 1.82) is 0 Å². The zero-order chi connectivity index (χ0) is 15.3. The molecule has 7 heteroatoms. The van der Waals surface area contributed by atoms with Gasteiger partial charge in [-0.15, -0.1) is 0 Å². The summed E-state index contributed by atoms with van der Waals surface area (Å²) >= 11 is 0. The number of benzene rings is 1. The first-order valence-corrected chi connectivity index (χ1v) is 6.16. The molecular weight excluding hydrogens is 286 g/mol. The second-order valence-corrected chi connectivity index (χ2v) is 4.80. The van der Waals surface area contributed by atoms with E-state index >= 15 is 0 Å². The third-order valence-corrected chi connectivity index (χ3v) is 2.60. The minimum Gasteiger partial charge on any atom is -0.478 e. The van der Waals surface area contributed by atoms with Crippen LogP contribution in [0.25, 0.3) is 0 Å². The first-order chi connectivity index (χ1) is 9.32. The molecule has 0 fully saturated rings. The minimum absolute atomic E-state index is 0. The van der Waals surface area contributed by atoms with Gasteiger partial charge in [-0.1, -0.05) is 26.0 Å². The average molecular weight is 306 g/mol. The molecule has 0 bridgehead atoms. The van der Waals surface area contributed by atoms with Crippen LogP contribution in [0.15, 0.2) is 24.3 Å². The van der Waals surface area contributed by atoms with E-state index in [1.54, 1.807) is 0 Å². The van der Waals surface area contributed by atoms with Crippen molar-refractivity contribution in [3.05, 3.63) is 35.4 Å². The number of carbonyl (C=O) groups excluding carboxylic acids is 2. The van der Waals surface area contributed by atoms with Crippen LogP contribution in [-0.4, -0.2) is 52.1 Å². The lowest BCUT2D eigenvalue weighted by molar-refractivity contribution is -0.139. The number of esters is 2. The number of carbonyl (C=O) groups is 3. The van der Waals surface area contributed by atoms with Crippen LogP contribution in [0.2, 0.25) is 0 Å². The standard InChI is InChI=1S/C14H17NO5.Mg.2H/c1-8(2)7-11(15)14(19)20-13(18)10-6-4-3-5-9(10)12(16)17;;;/h3-6,8,11H,7,15H2,1-2H3,(H,16,17);;;/t11-;;;/m0.../s1. The van der Waals surface area contributed by atoms with E-state index in [4.69, 9.17) is 10.8 Å². The summed E-state index contributed by atoms with van der Waals surface area (Å²) in [4.78, 5) is 34.4. The number of nitrogens with two attached hydrogens (primary N) is 1. The average Bonchev–Trinajstić information content (AvgIpc) is 2.37. The molecule has 0 saturated heterocycles. The number of hydrogen-bond acceptors (Lipinski definition) is 5. The van der Waals surface area contributed by atoms with Crippen molar-refractivity contribution < 1.29 is 24.2 Å². The highest BCUT2D eigenvalue weighted by Crippen LogP contribution is 2.12. The van der Waals surface area contributed by atoms with Crippen molar-refractivity contribution >= 4 is 41.0 Å². The smallest absolute Gasteiger partial charge is 0.346 e. The van der Waals surface area contributed by atoms with Crippen LogP contribution in [0.3, 0.4) is 0 Å². The van der Waals surface area contributed by atoms with Gasteiger partial charge in [-0.05, 0) is 24.5 Å². The molecule has 21 heavy (non-hydrogen) atoms. The molecule has 0 spiro atoms. The predicted octanol–water partition coefficient (Wildman–Crippen LogP) is 0.525. The molecule has 0 aliphatic heterocycles. The van der Waals surface area contributed by atoms with Gasteiger partial charge in [0.1, 0.15) is 6.04 Å². The fraction of sp³-hybridized carbons (Fsp3) is 0.357. The molecule has 1 atom stereocenters. The van der Waals surface area contributed by atoms with Gasteiger partial charge in [-0.25, -0.2) is 14.4 Å². The Morgan fingerprint density at radius 2 is 1.71 bits per heavy atom. The highest BCUT2D eigenvalue weighted by atomic mass is 24.3. The number of hydrogen-bond donors (Lipinski definition) is 2. The lowest BCUT2D eigenvalue weighted by Crippen LogP contribution is -2.35. The van der Waals surface area contributed by atoms with Gasteiger partial charge in [0.2, 0.25) is 0 Å². The summed E-state index contributed by atoms with van der Waals surface area (Å²) in [5, 5.41) is 8.96. The largest absolute Gasteiger partial charge is 0.478 e. The van der Waals surface area contributed by atoms with E-state index in [0.29, 0.717) is 6.42 Å². The number of rotatable bonds is 5. The molecular formula is C14H19MgNO5. The normalized spacial score (nSPS) is 11.4. The molecule has 0 aliphatic rings. The molecule has 3 N–H and O–H groups in total. The Labute approximate surface area is 138 Å². The fourth-order valence-electron chi connectivity index (χ4n) is 1.67. The summed E-state index contributed by atoms with van der Waals surface area (Å²) in [7, 11) is 0. The van der Waals surface area contributed by atoms with Gasteiger partial charge < -0.3 is 15.6 Å². The Balaban J connectivity index is 0.00000400. The number of ether oxygens (including phenoxy) is 1. The predicted molar refractivity (Wildman–Crippen MR) is 79.8 cm³/mol. The molecule has 0 radical (unpaired) electrons. The number of carboxylic acids is 1. The van der Waals surface area contributed by atoms with E-state index in [-0.39, 0.29) is 40.1 Å². The van der Waals surface area contributed by atoms with Gasteiger partial charge >= 0.3 is 41.0 Å². The number of carboxylic acid groups (broad SMARTS) is 1. The van der Waals surface area contributed by atoms with Crippen molar-refractivity contribution in [3.63, 3.8) is 0 Å². The molecule has 0 aliphatic carbocycles. The zero-order valence-electron chi connectivity index (χ0n) is 11.3. The van der Waals surface area contributed by atoms with Crippen LogP contribution >= 0.6 is 0 Å². The second kappa shape index (κ2) is 8.76. The summed E-state index contributed by atoms with van der Waals surface area (Å²) < 4.78 is 4.62. The van der Waals surface area contributed by atoms with Crippen LogP contribution in [0.1, 0.15) is 41.0 Å². The van der Waals surface area contributed by atoms with Crippen molar-refractivity contribution in [2.45, 2.75) is 26.3 Å². The van der Waals surface area contributed by atoms with Crippen molar-refractivity contribution in [3.8, 4) is 0 Å². The van der Waals surface area contributed by atoms with Crippen LogP contribution < -0.4 is 5.73 Å². The molecule has 0 aromatic heterocycles. The van der Waals surface area contributed by atoms with Gasteiger partial charge in [0.05, 0.1) is 11.1 Å². The maximum atomic E-state index is 11.8. The lowest BCUT2D eigenvalue weighted by Gasteiger charge is -2.12. The Hall–Kier alpha value is -1.44. The van der Waals surface area contributed by atoms with E-state index < -0.39 is 23.9 Å². The third-order valence-electron chi connectivity index (χ3n) is 2.60. The van der Waals surface area contributed by atoms with Gasteiger partial charge in [-0.2, -0.15) is 0 Å². The molecule has 0 amide bonds. The van der Waals surface area contributed by atoms with Crippen LogP contribution in [0.5, 0.6) is 0 Å². The summed E-state index contributed by atoms with van der Waals surface area (Å²) in [5.41, 5.74) is 5.20. The molecule has 0 unspecified atom stereocenters. The van der Waals surface area contributed by atoms with E-state index in [9.17, 15) is 14.4 Å². The quantitative estimate of drug-likeness (QED) is 0.467. The maximum absolute atomic E-state index is 11.8. The Morgan fingerprint density at radius 1 is 1.19 bits per heavy atom. The molecule has 1 aromatic carbocycles. The first kappa shape index (κ1) is 19.6. The van der Waals surface area contributed by atoms with Crippen molar-refractivity contribution in [2.24, 2.45) is 11.7 Å². The van der Waals surface area contributed by atoms with E-state index in [1.807, 2.05) is 13.8 Å². The molecule has 0 saturated carbocycles. The summed E-state index contributed by atoms with van der Waals surface area (Å²) in [5.74, 6) is -2.95. The van der Waals surface area contributed by atoms with Crippen molar-refractivity contribution in [1.82, 2.24) is 0 Å².